The van der Waals surface area contributed by atoms with Crippen molar-refractivity contribution in [3.05, 3.63) is 22.4 Å². The summed E-state index contributed by atoms with van der Waals surface area (Å²) in [6.45, 7) is 2.17. The summed E-state index contributed by atoms with van der Waals surface area (Å²) in [6.07, 6.45) is 6.51. The van der Waals surface area contributed by atoms with Crippen molar-refractivity contribution in [2.45, 2.75) is 50.4 Å². The lowest BCUT2D eigenvalue weighted by atomic mass is 9.98. The number of hydrogen-bond acceptors (Lipinski definition) is 4. The summed E-state index contributed by atoms with van der Waals surface area (Å²) in [5.74, 6) is 1.32. The zero-order chi connectivity index (χ0) is 14.2. The molecule has 2 heterocycles. The maximum absolute atomic E-state index is 13.0. The van der Waals surface area contributed by atoms with E-state index in [2.05, 4.69) is 40.9 Å². The van der Waals surface area contributed by atoms with Gasteiger partial charge in [0.2, 0.25) is 5.91 Å². The van der Waals surface area contributed by atoms with Gasteiger partial charge >= 0.3 is 0 Å². The maximum atomic E-state index is 13.0. The fourth-order valence-electron chi connectivity index (χ4n) is 3.53. The van der Waals surface area contributed by atoms with Crippen molar-refractivity contribution in [2.24, 2.45) is 0 Å². The Labute approximate surface area is 129 Å². The van der Waals surface area contributed by atoms with Crippen LogP contribution in [0.4, 0.5) is 0 Å². The third-order valence-electron chi connectivity index (χ3n) is 4.49. The SMILES string of the molecule is CSCC(C)N1C(=O)C2(CCCC2)NC1c1cccs1. The molecule has 3 nitrogen and oxygen atoms in total. The first-order valence-electron chi connectivity index (χ1n) is 7.31. The molecule has 1 aromatic heterocycles. The maximum Gasteiger partial charge on any atom is 0.244 e. The molecule has 20 heavy (non-hydrogen) atoms. The molecule has 1 aliphatic carbocycles. The van der Waals surface area contributed by atoms with E-state index in [9.17, 15) is 4.79 Å². The van der Waals surface area contributed by atoms with Gasteiger partial charge in [0.05, 0.1) is 5.54 Å². The lowest BCUT2D eigenvalue weighted by molar-refractivity contribution is -0.134. The first-order chi connectivity index (χ1) is 9.68. The standard InChI is InChI=1S/C15H22N2OS2/c1-11(10-19-2)17-13(12-6-5-9-20-12)16-15(14(17)18)7-3-4-8-15/h5-6,9,11,13,16H,3-4,7-8,10H2,1-2H3. The summed E-state index contributed by atoms with van der Waals surface area (Å²) in [7, 11) is 0. The molecular weight excluding hydrogens is 288 g/mol. The van der Waals surface area contributed by atoms with E-state index in [0.717, 1.165) is 18.6 Å². The van der Waals surface area contributed by atoms with Crippen LogP contribution in [0.25, 0.3) is 0 Å². The fraction of sp³-hybridized carbons (Fsp3) is 0.667. The number of amides is 1. The van der Waals surface area contributed by atoms with Gasteiger partial charge in [-0.1, -0.05) is 18.9 Å². The Kier molecular flexibility index (Phi) is 4.11. The number of hydrogen-bond donors (Lipinski definition) is 1. The van der Waals surface area contributed by atoms with E-state index in [-0.39, 0.29) is 17.7 Å². The average molecular weight is 310 g/mol. The molecule has 1 N–H and O–H groups in total. The van der Waals surface area contributed by atoms with Gasteiger partial charge in [-0.2, -0.15) is 11.8 Å². The van der Waals surface area contributed by atoms with Crippen LogP contribution in [0.2, 0.25) is 0 Å². The Balaban J connectivity index is 1.92. The van der Waals surface area contributed by atoms with Gasteiger partial charge in [0.15, 0.2) is 0 Å². The molecule has 1 saturated heterocycles. The molecule has 1 amide bonds. The third-order valence-corrected chi connectivity index (χ3v) is 6.23. The zero-order valence-corrected chi connectivity index (χ0v) is 13.7. The van der Waals surface area contributed by atoms with Crippen LogP contribution in [0.1, 0.15) is 43.6 Å². The lowest BCUT2D eigenvalue weighted by Crippen LogP contribution is -2.45. The highest BCUT2D eigenvalue weighted by molar-refractivity contribution is 7.98. The lowest BCUT2D eigenvalue weighted by Gasteiger charge is -2.29. The molecule has 5 heteroatoms. The molecule has 110 valence electrons. The highest BCUT2D eigenvalue weighted by Gasteiger charge is 2.53. The molecular formula is C15H22N2OS2. The molecule has 2 aliphatic rings. The van der Waals surface area contributed by atoms with Crippen LogP contribution in [0.3, 0.4) is 0 Å². The van der Waals surface area contributed by atoms with Crippen LogP contribution in [0.5, 0.6) is 0 Å². The molecule has 1 spiro atoms. The van der Waals surface area contributed by atoms with Crippen LogP contribution >= 0.6 is 23.1 Å². The van der Waals surface area contributed by atoms with E-state index in [1.807, 2.05) is 11.8 Å². The van der Waals surface area contributed by atoms with Gasteiger partial charge in [-0.25, -0.2) is 0 Å². The molecule has 1 saturated carbocycles. The van der Waals surface area contributed by atoms with Crippen LogP contribution in [0.15, 0.2) is 17.5 Å². The van der Waals surface area contributed by atoms with Crippen molar-refractivity contribution in [3.8, 4) is 0 Å². The Hall–Kier alpha value is -0.520. The quantitative estimate of drug-likeness (QED) is 0.926. The molecule has 2 unspecified atom stereocenters. The van der Waals surface area contributed by atoms with E-state index >= 15 is 0 Å². The molecule has 0 aromatic carbocycles. The van der Waals surface area contributed by atoms with Gasteiger partial charge in [-0.05, 0) is 37.5 Å². The van der Waals surface area contributed by atoms with E-state index in [0.29, 0.717) is 5.91 Å². The minimum absolute atomic E-state index is 0.0720. The number of thiophene rings is 1. The van der Waals surface area contributed by atoms with Crippen LogP contribution in [0, 0.1) is 0 Å². The third kappa shape index (κ3) is 2.30. The normalized spacial score (nSPS) is 26.6. The van der Waals surface area contributed by atoms with Gasteiger partial charge in [-0.15, -0.1) is 11.3 Å². The van der Waals surface area contributed by atoms with E-state index in [4.69, 9.17) is 0 Å². The van der Waals surface area contributed by atoms with Gasteiger partial charge in [0.25, 0.3) is 0 Å². The van der Waals surface area contributed by atoms with Gasteiger partial charge in [0, 0.05) is 16.7 Å². The minimum atomic E-state index is -0.276. The molecule has 0 radical (unpaired) electrons. The summed E-state index contributed by atoms with van der Waals surface area (Å²) < 4.78 is 0. The predicted molar refractivity (Wildman–Crippen MR) is 86.1 cm³/mol. The Morgan fingerprint density at radius 3 is 2.90 bits per heavy atom. The first kappa shape index (κ1) is 14.4. The number of rotatable bonds is 4. The second-order valence-corrected chi connectivity index (χ2v) is 7.76. The van der Waals surface area contributed by atoms with Crippen molar-refractivity contribution in [3.63, 3.8) is 0 Å². The van der Waals surface area contributed by atoms with Crippen LogP contribution < -0.4 is 5.32 Å². The second-order valence-electron chi connectivity index (χ2n) is 5.87. The molecule has 1 aliphatic heterocycles. The first-order valence-corrected chi connectivity index (χ1v) is 9.58. The smallest absolute Gasteiger partial charge is 0.244 e. The molecule has 3 rings (SSSR count). The predicted octanol–water partition coefficient (Wildman–Crippen LogP) is 3.24. The highest BCUT2D eigenvalue weighted by Crippen LogP contribution is 2.42. The molecule has 2 atom stereocenters. The number of carbonyl (C=O) groups excluding carboxylic acids is 1. The van der Waals surface area contributed by atoms with Crippen LogP contribution in [-0.4, -0.2) is 34.4 Å². The zero-order valence-electron chi connectivity index (χ0n) is 12.1. The van der Waals surface area contributed by atoms with E-state index in [1.165, 1.54) is 17.7 Å². The monoisotopic (exact) mass is 310 g/mol. The minimum Gasteiger partial charge on any atom is -0.317 e. The summed E-state index contributed by atoms with van der Waals surface area (Å²) in [4.78, 5) is 16.4. The van der Waals surface area contributed by atoms with Crippen molar-refractivity contribution in [1.82, 2.24) is 10.2 Å². The number of nitrogens with one attached hydrogen (secondary N) is 1. The topological polar surface area (TPSA) is 32.3 Å². The Morgan fingerprint density at radius 2 is 2.30 bits per heavy atom. The highest BCUT2D eigenvalue weighted by atomic mass is 32.2. The van der Waals surface area contributed by atoms with Crippen LogP contribution in [-0.2, 0) is 4.79 Å². The van der Waals surface area contributed by atoms with Crippen molar-refractivity contribution in [1.29, 1.82) is 0 Å². The number of thioether (sulfide) groups is 1. The molecule has 2 fully saturated rings. The van der Waals surface area contributed by atoms with Gasteiger partial charge < -0.3 is 4.90 Å². The summed E-state index contributed by atoms with van der Waals surface area (Å²) >= 11 is 3.55. The number of carbonyl (C=O) groups is 1. The molecule has 0 bridgehead atoms. The summed E-state index contributed by atoms with van der Waals surface area (Å²) in [5.41, 5.74) is -0.276. The average Bonchev–Trinajstić information content (AvgIpc) is 3.14. The van der Waals surface area contributed by atoms with E-state index in [1.54, 1.807) is 11.3 Å². The van der Waals surface area contributed by atoms with Crippen molar-refractivity contribution >= 4 is 29.0 Å². The largest absolute Gasteiger partial charge is 0.317 e. The Bertz CT molecular complexity index is 468. The fourth-order valence-corrected chi connectivity index (χ4v) is 4.94. The number of nitrogens with zero attached hydrogens (tertiary/aromatic N) is 1. The summed E-state index contributed by atoms with van der Waals surface area (Å²) in [6, 6.07) is 4.49. The molecule has 1 aromatic rings. The van der Waals surface area contributed by atoms with E-state index < -0.39 is 0 Å². The van der Waals surface area contributed by atoms with Gasteiger partial charge in [0.1, 0.15) is 6.17 Å². The second kappa shape index (κ2) is 5.70. The van der Waals surface area contributed by atoms with Gasteiger partial charge in [-0.3, -0.25) is 10.1 Å². The van der Waals surface area contributed by atoms with Crippen molar-refractivity contribution < 1.29 is 4.79 Å². The Morgan fingerprint density at radius 1 is 1.55 bits per heavy atom. The van der Waals surface area contributed by atoms with Crippen molar-refractivity contribution in [2.75, 3.05) is 12.0 Å². The summed E-state index contributed by atoms with van der Waals surface area (Å²) in [5, 5.41) is 5.78.